The molecular formula is C24H26FN3O4S. The maximum absolute atomic E-state index is 14.0. The van der Waals surface area contributed by atoms with Crippen molar-refractivity contribution in [1.29, 1.82) is 0 Å². The molecule has 1 N–H and O–H groups in total. The third-order valence-electron chi connectivity index (χ3n) is 5.36. The highest BCUT2D eigenvalue weighted by Gasteiger charge is 2.42. The third-order valence-corrected chi connectivity index (χ3v) is 5.81. The SMILES string of the molecule is CCOC(=O)c1ccc(NC(=O)CC2C(=O)N(CC)C(=S)N2CCc2ccccc2F)cc1. The minimum absolute atomic E-state index is 0.105. The zero-order chi connectivity index (χ0) is 24.0. The van der Waals surface area contributed by atoms with Crippen LogP contribution in [0.15, 0.2) is 48.5 Å². The molecule has 2 aromatic rings. The van der Waals surface area contributed by atoms with Gasteiger partial charge in [0.15, 0.2) is 5.11 Å². The number of nitrogens with zero attached hydrogens (tertiary/aromatic N) is 2. The Morgan fingerprint density at radius 2 is 1.82 bits per heavy atom. The van der Waals surface area contributed by atoms with Crippen LogP contribution in [0.3, 0.4) is 0 Å². The van der Waals surface area contributed by atoms with Crippen LogP contribution in [0.4, 0.5) is 10.1 Å². The summed E-state index contributed by atoms with van der Waals surface area (Å²) >= 11 is 5.47. The highest BCUT2D eigenvalue weighted by atomic mass is 32.1. The van der Waals surface area contributed by atoms with Crippen molar-refractivity contribution < 1.29 is 23.5 Å². The van der Waals surface area contributed by atoms with Crippen molar-refractivity contribution in [2.24, 2.45) is 0 Å². The Kier molecular flexibility index (Phi) is 8.11. The number of esters is 1. The lowest BCUT2D eigenvalue weighted by Crippen LogP contribution is -2.39. The zero-order valence-electron chi connectivity index (χ0n) is 18.5. The number of nitrogens with one attached hydrogen (secondary N) is 1. The number of amides is 2. The minimum Gasteiger partial charge on any atom is -0.462 e. The van der Waals surface area contributed by atoms with Crippen molar-refractivity contribution in [3.63, 3.8) is 0 Å². The van der Waals surface area contributed by atoms with Crippen LogP contribution in [-0.2, 0) is 20.7 Å². The molecule has 1 aliphatic rings. The topological polar surface area (TPSA) is 78.9 Å². The Bertz CT molecular complexity index is 1040. The second-order valence-corrected chi connectivity index (χ2v) is 7.83. The van der Waals surface area contributed by atoms with E-state index in [0.29, 0.717) is 41.4 Å². The van der Waals surface area contributed by atoms with Gasteiger partial charge >= 0.3 is 5.97 Å². The number of hydrogen-bond acceptors (Lipinski definition) is 5. The highest BCUT2D eigenvalue weighted by Crippen LogP contribution is 2.22. The number of anilines is 1. The van der Waals surface area contributed by atoms with Crippen LogP contribution in [0.2, 0.25) is 0 Å². The van der Waals surface area contributed by atoms with E-state index in [1.807, 2.05) is 6.92 Å². The number of carbonyl (C=O) groups is 3. The summed E-state index contributed by atoms with van der Waals surface area (Å²) in [7, 11) is 0. The molecule has 1 heterocycles. The van der Waals surface area contributed by atoms with Crippen molar-refractivity contribution in [3.8, 4) is 0 Å². The van der Waals surface area contributed by atoms with E-state index in [1.54, 1.807) is 54.3 Å². The van der Waals surface area contributed by atoms with Gasteiger partial charge in [0.25, 0.3) is 5.91 Å². The number of carbonyl (C=O) groups excluding carboxylic acids is 3. The van der Waals surface area contributed by atoms with Gasteiger partial charge in [0, 0.05) is 18.8 Å². The molecule has 33 heavy (non-hydrogen) atoms. The maximum Gasteiger partial charge on any atom is 0.338 e. The standard InChI is InChI=1S/C24H26FN3O4S/c1-3-27-22(30)20(28(24(27)33)14-13-16-7-5-6-8-19(16)25)15-21(29)26-18-11-9-17(10-12-18)23(31)32-4-2/h5-12,20H,3-4,13-15H2,1-2H3,(H,26,29). The van der Waals surface area contributed by atoms with Gasteiger partial charge in [-0.3, -0.25) is 14.5 Å². The first-order valence-electron chi connectivity index (χ1n) is 10.8. The molecule has 3 rings (SSSR count). The molecule has 0 saturated carbocycles. The summed E-state index contributed by atoms with van der Waals surface area (Å²) in [4.78, 5) is 40.5. The Hall–Kier alpha value is -3.33. The Balaban J connectivity index is 1.67. The highest BCUT2D eigenvalue weighted by molar-refractivity contribution is 7.80. The molecule has 0 radical (unpaired) electrons. The molecule has 0 aromatic heterocycles. The molecule has 0 aliphatic carbocycles. The molecule has 1 fully saturated rings. The second-order valence-electron chi connectivity index (χ2n) is 7.47. The normalized spacial score (nSPS) is 15.7. The van der Waals surface area contributed by atoms with Crippen molar-refractivity contribution in [2.75, 3.05) is 25.0 Å². The first-order valence-corrected chi connectivity index (χ1v) is 11.2. The molecule has 2 amide bonds. The fraction of sp³-hybridized carbons (Fsp3) is 0.333. The lowest BCUT2D eigenvalue weighted by molar-refractivity contribution is -0.130. The van der Waals surface area contributed by atoms with Crippen LogP contribution in [0.25, 0.3) is 0 Å². The zero-order valence-corrected chi connectivity index (χ0v) is 19.4. The van der Waals surface area contributed by atoms with E-state index < -0.39 is 12.0 Å². The predicted molar refractivity (Wildman–Crippen MR) is 126 cm³/mol. The van der Waals surface area contributed by atoms with Crippen LogP contribution in [0.5, 0.6) is 0 Å². The van der Waals surface area contributed by atoms with E-state index in [0.717, 1.165) is 0 Å². The minimum atomic E-state index is -0.761. The van der Waals surface area contributed by atoms with Crippen LogP contribution in [-0.4, -0.2) is 58.4 Å². The number of thiocarbonyl (C=S) groups is 1. The summed E-state index contributed by atoms with van der Waals surface area (Å²) in [6.45, 7) is 4.51. The van der Waals surface area contributed by atoms with Gasteiger partial charge in [0.2, 0.25) is 5.91 Å². The monoisotopic (exact) mass is 471 g/mol. The van der Waals surface area contributed by atoms with E-state index >= 15 is 0 Å². The summed E-state index contributed by atoms with van der Waals surface area (Å²) in [6, 6.07) is 12.0. The third kappa shape index (κ3) is 5.73. The molecule has 1 unspecified atom stereocenters. The molecule has 7 nitrogen and oxygen atoms in total. The molecular weight excluding hydrogens is 445 g/mol. The summed E-state index contributed by atoms with van der Waals surface area (Å²) in [6.07, 6.45) is 0.247. The van der Waals surface area contributed by atoms with E-state index in [9.17, 15) is 18.8 Å². The van der Waals surface area contributed by atoms with Gasteiger partial charge in [0.05, 0.1) is 18.6 Å². The van der Waals surface area contributed by atoms with E-state index in [2.05, 4.69) is 5.32 Å². The fourth-order valence-electron chi connectivity index (χ4n) is 3.67. The number of ether oxygens (including phenoxy) is 1. The van der Waals surface area contributed by atoms with Gasteiger partial charge in [0.1, 0.15) is 11.9 Å². The quantitative estimate of drug-likeness (QED) is 0.446. The van der Waals surface area contributed by atoms with Crippen molar-refractivity contribution in [3.05, 3.63) is 65.5 Å². The molecule has 1 atom stereocenters. The summed E-state index contributed by atoms with van der Waals surface area (Å²) in [5.41, 5.74) is 1.39. The maximum atomic E-state index is 14.0. The predicted octanol–water partition coefficient (Wildman–Crippen LogP) is 3.39. The first kappa shape index (κ1) is 24.3. The lowest BCUT2D eigenvalue weighted by atomic mass is 10.1. The summed E-state index contributed by atoms with van der Waals surface area (Å²) in [5.74, 6) is -1.37. The number of rotatable bonds is 9. The average Bonchev–Trinajstić information content (AvgIpc) is 3.02. The Morgan fingerprint density at radius 1 is 1.12 bits per heavy atom. The molecule has 0 spiro atoms. The van der Waals surface area contributed by atoms with E-state index in [-0.39, 0.29) is 30.7 Å². The average molecular weight is 472 g/mol. The van der Waals surface area contributed by atoms with Gasteiger partial charge in [-0.25, -0.2) is 9.18 Å². The van der Waals surface area contributed by atoms with Gasteiger partial charge in [-0.05, 0) is 68.4 Å². The Labute approximate surface area is 197 Å². The van der Waals surface area contributed by atoms with Crippen LogP contribution in [0, 0.1) is 5.82 Å². The molecule has 2 aromatic carbocycles. The van der Waals surface area contributed by atoms with Crippen LogP contribution < -0.4 is 5.32 Å². The van der Waals surface area contributed by atoms with Gasteiger partial charge in [-0.15, -0.1) is 0 Å². The number of likely N-dealkylation sites (N-methyl/N-ethyl adjacent to an activating group) is 1. The molecule has 9 heteroatoms. The first-order chi connectivity index (χ1) is 15.8. The van der Waals surface area contributed by atoms with E-state index in [1.165, 1.54) is 11.0 Å². The summed E-state index contributed by atoms with van der Waals surface area (Å²) < 4.78 is 19.0. The lowest BCUT2D eigenvalue weighted by Gasteiger charge is -2.24. The second kappa shape index (κ2) is 11.0. The van der Waals surface area contributed by atoms with Crippen molar-refractivity contribution in [1.82, 2.24) is 9.80 Å². The molecule has 1 aliphatic heterocycles. The van der Waals surface area contributed by atoms with Gasteiger partial charge in [-0.2, -0.15) is 0 Å². The smallest absolute Gasteiger partial charge is 0.338 e. The molecule has 174 valence electrons. The largest absolute Gasteiger partial charge is 0.462 e. The number of halogens is 1. The number of hydrogen-bond donors (Lipinski definition) is 1. The summed E-state index contributed by atoms with van der Waals surface area (Å²) in [5, 5.41) is 3.09. The van der Waals surface area contributed by atoms with Crippen LogP contribution >= 0.6 is 12.2 Å². The fourth-order valence-corrected chi connectivity index (χ4v) is 4.11. The van der Waals surface area contributed by atoms with Gasteiger partial charge in [-0.1, -0.05) is 18.2 Å². The van der Waals surface area contributed by atoms with Crippen molar-refractivity contribution >= 4 is 40.8 Å². The van der Waals surface area contributed by atoms with Crippen molar-refractivity contribution in [2.45, 2.75) is 32.7 Å². The molecule has 1 saturated heterocycles. The van der Waals surface area contributed by atoms with E-state index in [4.69, 9.17) is 17.0 Å². The number of benzene rings is 2. The molecule has 0 bridgehead atoms. The Morgan fingerprint density at radius 3 is 2.45 bits per heavy atom. The van der Waals surface area contributed by atoms with Crippen LogP contribution in [0.1, 0.15) is 36.2 Å². The van der Waals surface area contributed by atoms with Gasteiger partial charge < -0.3 is 15.0 Å².